The van der Waals surface area contributed by atoms with Crippen LogP contribution < -0.4 is 5.32 Å². The van der Waals surface area contributed by atoms with Crippen molar-refractivity contribution >= 4 is 33.0 Å². The van der Waals surface area contributed by atoms with Gasteiger partial charge in [-0.15, -0.1) is 0 Å². The Hall–Kier alpha value is -2.46. The lowest BCUT2D eigenvalue weighted by molar-refractivity contribution is -0.385. The molecule has 106 valence electrons. The van der Waals surface area contributed by atoms with Crippen LogP contribution in [-0.4, -0.2) is 4.92 Å². The molecule has 0 aliphatic heterocycles. The summed E-state index contributed by atoms with van der Waals surface area (Å²) in [6, 6.07) is 8.78. The molecule has 0 heterocycles. The molecule has 0 saturated heterocycles. The second-order valence-electron chi connectivity index (χ2n) is 4.31. The summed E-state index contributed by atoms with van der Waals surface area (Å²) in [5.74, 6) is -0.425. The van der Waals surface area contributed by atoms with Gasteiger partial charge in [0.2, 0.25) is 0 Å². The van der Waals surface area contributed by atoms with Gasteiger partial charge in [-0.25, -0.2) is 4.39 Å². The highest BCUT2D eigenvalue weighted by atomic mass is 79.9. The predicted molar refractivity (Wildman–Crippen MR) is 79.9 cm³/mol. The van der Waals surface area contributed by atoms with Crippen LogP contribution in [-0.2, 0) is 0 Å². The fourth-order valence-corrected chi connectivity index (χ4v) is 2.26. The minimum Gasteiger partial charge on any atom is -0.355 e. The Balaban J connectivity index is 2.39. The summed E-state index contributed by atoms with van der Waals surface area (Å²) >= 11 is 3.09. The zero-order chi connectivity index (χ0) is 15.6. The molecule has 5 nitrogen and oxygen atoms in total. The molecule has 0 aliphatic carbocycles. The molecule has 2 rings (SSSR count). The molecule has 2 aromatic carbocycles. The van der Waals surface area contributed by atoms with Crippen molar-refractivity contribution in [3.63, 3.8) is 0 Å². The number of hydrogen-bond donors (Lipinski definition) is 1. The van der Waals surface area contributed by atoms with Crippen LogP contribution in [0.2, 0.25) is 0 Å². The van der Waals surface area contributed by atoms with Crippen LogP contribution in [0, 0.1) is 34.2 Å². The lowest BCUT2D eigenvalue weighted by Crippen LogP contribution is -1.97. The van der Waals surface area contributed by atoms with Crippen LogP contribution in [0.15, 0.2) is 34.8 Å². The molecule has 21 heavy (non-hydrogen) atoms. The normalized spacial score (nSPS) is 10.0. The molecule has 0 atom stereocenters. The average molecular weight is 350 g/mol. The van der Waals surface area contributed by atoms with E-state index < -0.39 is 10.7 Å². The van der Waals surface area contributed by atoms with Crippen molar-refractivity contribution in [2.75, 3.05) is 5.32 Å². The molecule has 0 unspecified atom stereocenters. The SMILES string of the molecule is Cc1cc(Br)c(F)cc1Nc1ccc([N+](=O)[O-])c(C#N)c1. The smallest absolute Gasteiger partial charge is 0.287 e. The number of hydrogen-bond acceptors (Lipinski definition) is 4. The van der Waals surface area contributed by atoms with E-state index in [-0.39, 0.29) is 11.3 Å². The first kappa shape index (κ1) is 14.9. The Kier molecular flexibility index (Phi) is 4.19. The van der Waals surface area contributed by atoms with E-state index in [1.165, 1.54) is 24.3 Å². The molecule has 0 radical (unpaired) electrons. The summed E-state index contributed by atoms with van der Waals surface area (Å²) in [7, 11) is 0. The summed E-state index contributed by atoms with van der Waals surface area (Å²) in [6.07, 6.45) is 0. The summed E-state index contributed by atoms with van der Waals surface area (Å²) < 4.78 is 13.9. The highest BCUT2D eigenvalue weighted by Crippen LogP contribution is 2.28. The summed E-state index contributed by atoms with van der Waals surface area (Å²) in [4.78, 5) is 10.1. The van der Waals surface area contributed by atoms with Crippen molar-refractivity contribution in [3.05, 3.63) is 61.9 Å². The lowest BCUT2D eigenvalue weighted by Gasteiger charge is -2.11. The maximum atomic E-state index is 13.5. The quantitative estimate of drug-likeness (QED) is 0.656. The summed E-state index contributed by atoms with van der Waals surface area (Å²) in [5, 5.41) is 22.7. The number of anilines is 2. The van der Waals surface area contributed by atoms with E-state index in [4.69, 9.17) is 5.26 Å². The number of rotatable bonds is 3. The van der Waals surface area contributed by atoms with E-state index in [9.17, 15) is 14.5 Å². The standard InChI is InChI=1S/C14H9BrFN3O2/c1-8-4-11(15)12(16)6-13(8)18-10-2-3-14(19(20)21)9(5-10)7-17/h2-6,18H,1H3. The summed E-state index contributed by atoms with van der Waals surface area (Å²) in [5.41, 5.74) is 1.47. The number of nitro groups is 1. The number of nitrogens with one attached hydrogen (secondary N) is 1. The van der Waals surface area contributed by atoms with Crippen molar-refractivity contribution < 1.29 is 9.31 Å². The first-order chi connectivity index (χ1) is 9.92. The number of nitrogens with zero attached hydrogens (tertiary/aromatic N) is 2. The van der Waals surface area contributed by atoms with E-state index in [2.05, 4.69) is 21.2 Å². The van der Waals surface area contributed by atoms with E-state index in [1.807, 2.05) is 0 Å². The van der Waals surface area contributed by atoms with Gasteiger partial charge in [-0.1, -0.05) is 0 Å². The van der Waals surface area contributed by atoms with E-state index in [0.29, 0.717) is 15.8 Å². The van der Waals surface area contributed by atoms with Gasteiger partial charge in [0.05, 0.1) is 9.40 Å². The van der Waals surface area contributed by atoms with Crippen LogP contribution in [0.4, 0.5) is 21.5 Å². The molecule has 0 aliphatic rings. The molecule has 1 N–H and O–H groups in total. The number of halogens is 2. The molecule has 0 spiro atoms. The zero-order valence-corrected chi connectivity index (χ0v) is 12.4. The number of aryl methyl sites for hydroxylation is 1. The average Bonchev–Trinajstić information content (AvgIpc) is 2.44. The molecular weight excluding hydrogens is 341 g/mol. The van der Waals surface area contributed by atoms with Gasteiger partial charge < -0.3 is 5.32 Å². The third-order valence-corrected chi connectivity index (χ3v) is 3.47. The monoisotopic (exact) mass is 349 g/mol. The van der Waals surface area contributed by atoms with E-state index in [0.717, 1.165) is 5.56 Å². The van der Waals surface area contributed by atoms with Crippen molar-refractivity contribution in [2.24, 2.45) is 0 Å². The Labute approximate surface area is 128 Å². The number of benzene rings is 2. The lowest BCUT2D eigenvalue weighted by atomic mass is 10.1. The molecule has 0 amide bonds. The van der Waals surface area contributed by atoms with Crippen molar-refractivity contribution in [2.45, 2.75) is 6.92 Å². The molecule has 0 bridgehead atoms. The predicted octanol–water partition coefficient (Wildman–Crippen LogP) is 4.42. The second kappa shape index (κ2) is 5.89. The molecule has 0 fully saturated rings. The minimum absolute atomic E-state index is 0.0553. The second-order valence-corrected chi connectivity index (χ2v) is 5.16. The first-order valence-corrected chi connectivity index (χ1v) is 6.63. The van der Waals surface area contributed by atoms with Crippen LogP contribution in [0.25, 0.3) is 0 Å². The number of nitriles is 1. The molecule has 0 saturated carbocycles. The minimum atomic E-state index is -0.618. The maximum absolute atomic E-state index is 13.5. The zero-order valence-electron chi connectivity index (χ0n) is 10.9. The fraction of sp³-hybridized carbons (Fsp3) is 0.0714. The van der Waals surface area contributed by atoms with Crippen LogP contribution in [0.5, 0.6) is 0 Å². The highest BCUT2D eigenvalue weighted by molar-refractivity contribution is 9.10. The van der Waals surface area contributed by atoms with Gasteiger partial charge in [-0.2, -0.15) is 5.26 Å². The van der Waals surface area contributed by atoms with Crippen LogP contribution in [0.1, 0.15) is 11.1 Å². The highest BCUT2D eigenvalue weighted by Gasteiger charge is 2.14. The molecule has 2 aromatic rings. The fourth-order valence-electron chi connectivity index (χ4n) is 1.80. The third-order valence-electron chi connectivity index (χ3n) is 2.86. The molecular formula is C14H9BrFN3O2. The Bertz CT molecular complexity index is 772. The maximum Gasteiger partial charge on any atom is 0.287 e. The Morgan fingerprint density at radius 1 is 1.38 bits per heavy atom. The van der Waals surface area contributed by atoms with Crippen molar-refractivity contribution in [1.82, 2.24) is 0 Å². The Morgan fingerprint density at radius 2 is 2.10 bits per heavy atom. The van der Waals surface area contributed by atoms with Gasteiger partial charge in [0.1, 0.15) is 17.4 Å². The van der Waals surface area contributed by atoms with Crippen LogP contribution >= 0.6 is 15.9 Å². The molecule has 0 aromatic heterocycles. The first-order valence-electron chi connectivity index (χ1n) is 5.83. The van der Waals surface area contributed by atoms with Gasteiger partial charge in [-0.3, -0.25) is 10.1 Å². The topological polar surface area (TPSA) is 79.0 Å². The third kappa shape index (κ3) is 3.17. The van der Waals surface area contributed by atoms with Gasteiger partial charge in [0.25, 0.3) is 5.69 Å². The summed E-state index contributed by atoms with van der Waals surface area (Å²) in [6.45, 7) is 1.79. The van der Waals surface area contributed by atoms with Gasteiger partial charge in [-0.05, 0) is 52.7 Å². The van der Waals surface area contributed by atoms with E-state index >= 15 is 0 Å². The molecule has 7 heteroatoms. The van der Waals surface area contributed by atoms with Crippen LogP contribution in [0.3, 0.4) is 0 Å². The van der Waals surface area contributed by atoms with Crippen molar-refractivity contribution in [3.8, 4) is 6.07 Å². The Morgan fingerprint density at radius 3 is 2.71 bits per heavy atom. The van der Waals surface area contributed by atoms with Gasteiger partial charge in [0, 0.05) is 17.4 Å². The number of nitro benzene ring substituents is 1. The largest absolute Gasteiger partial charge is 0.355 e. The van der Waals surface area contributed by atoms with E-state index in [1.54, 1.807) is 19.1 Å². The van der Waals surface area contributed by atoms with Gasteiger partial charge >= 0.3 is 0 Å². The van der Waals surface area contributed by atoms with Gasteiger partial charge in [0.15, 0.2) is 0 Å². The van der Waals surface area contributed by atoms with Crippen molar-refractivity contribution in [1.29, 1.82) is 5.26 Å².